The van der Waals surface area contributed by atoms with Gasteiger partial charge in [0.1, 0.15) is 0 Å². The zero-order valence-corrected chi connectivity index (χ0v) is 11.3. The molecule has 1 aromatic rings. The summed E-state index contributed by atoms with van der Waals surface area (Å²) in [4.78, 5) is 0. The van der Waals surface area contributed by atoms with E-state index in [4.69, 9.17) is 15.2 Å². The summed E-state index contributed by atoms with van der Waals surface area (Å²) in [5.74, 6) is 1.33. The van der Waals surface area contributed by atoms with Gasteiger partial charge in [-0.05, 0) is 30.8 Å². The number of nitrogens with two attached hydrogens (primary N) is 1. The maximum absolute atomic E-state index is 5.66. The summed E-state index contributed by atoms with van der Waals surface area (Å²) in [5.41, 5.74) is 8.58. The molecule has 0 bridgehead atoms. The van der Waals surface area contributed by atoms with Gasteiger partial charge in [0.2, 0.25) is 0 Å². The summed E-state index contributed by atoms with van der Waals surface area (Å²) in [6.07, 6.45) is 2.51. The van der Waals surface area contributed by atoms with Crippen molar-refractivity contribution in [2.24, 2.45) is 10.8 Å². The number of hydrazone groups is 1. The first-order chi connectivity index (χ1) is 8.69. The molecule has 98 valence electrons. The molecule has 0 aliphatic heterocycles. The van der Waals surface area contributed by atoms with Crippen LogP contribution in [0.2, 0.25) is 0 Å². The fraction of sp³-hybridized carbons (Fsp3) is 0.333. The standard InChI is InChI=1S/C12H17N3O2S/c1-3-7-17-11-9(8-14-15-12(13)18)5-4-6-10(11)16-2/h4-6,8H,3,7H2,1-2H3,(H3,13,15,18). The number of ether oxygens (including phenoxy) is 2. The zero-order valence-electron chi connectivity index (χ0n) is 10.5. The Kier molecular flexibility index (Phi) is 5.93. The Morgan fingerprint density at radius 2 is 2.33 bits per heavy atom. The predicted molar refractivity (Wildman–Crippen MR) is 76.3 cm³/mol. The van der Waals surface area contributed by atoms with Gasteiger partial charge in [-0.15, -0.1) is 0 Å². The molecule has 18 heavy (non-hydrogen) atoms. The molecular weight excluding hydrogens is 250 g/mol. The van der Waals surface area contributed by atoms with Crippen molar-refractivity contribution in [2.75, 3.05) is 13.7 Å². The van der Waals surface area contributed by atoms with Gasteiger partial charge in [0.05, 0.1) is 19.9 Å². The number of thiocarbonyl (C=S) groups is 1. The maximum atomic E-state index is 5.66. The van der Waals surface area contributed by atoms with Crippen molar-refractivity contribution < 1.29 is 9.47 Å². The highest BCUT2D eigenvalue weighted by atomic mass is 32.1. The Hall–Kier alpha value is -1.82. The third kappa shape index (κ3) is 4.21. The lowest BCUT2D eigenvalue weighted by Gasteiger charge is -2.12. The van der Waals surface area contributed by atoms with Gasteiger partial charge in [0, 0.05) is 5.56 Å². The monoisotopic (exact) mass is 267 g/mol. The highest BCUT2D eigenvalue weighted by Crippen LogP contribution is 2.30. The molecule has 0 atom stereocenters. The summed E-state index contributed by atoms with van der Waals surface area (Å²) < 4.78 is 10.9. The van der Waals surface area contributed by atoms with Crippen LogP contribution in [0.5, 0.6) is 11.5 Å². The lowest BCUT2D eigenvalue weighted by atomic mass is 10.2. The second-order valence-corrected chi connectivity index (χ2v) is 3.90. The number of rotatable bonds is 6. The van der Waals surface area contributed by atoms with Gasteiger partial charge in [-0.1, -0.05) is 13.0 Å². The third-order valence-corrected chi connectivity index (χ3v) is 2.15. The summed E-state index contributed by atoms with van der Waals surface area (Å²) >= 11 is 4.66. The molecule has 1 aromatic carbocycles. The smallest absolute Gasteiger partial charge is 0.184 e. The lowest BCUT2D eigenvalue weighted by molar-refractivity contribution is 0.294. The van der Waals surface area contributed by atoms with Gasteiger partial charge < -0.3 is 15.2 Å². The van der Waals surface area contributed by atoms with E-state index in [-0.39, 0.29) is 5.11 Å². The SMILES string of the molecule is CCCOc1c(C=NNC(N)=S)cccc1OC. The van der Waals surface area contributed by atoms with Gasteiger partial charge in [-0.2, -0.15) is 5.10 Å². The molecule has 6 heteroatoms. The molecule has 0 amide bonds. The Bertz CT molecular complexity index is 435. The van der Waals surface area contributed by atoms with Crippen molar-refractivity contribution in [3.05, 3.63) is 23.8 Å². The highest BCUT2D eigenvalue weighted by Gasteiger charge is 2.08. The van der Waals surface area contributed by atoms with Gasteiger partial charge in [0.25, 0.3) is 0 Å². The first kappa shape index (κ1) is 14.2. The quantitative estimate of drug-likeness (QED) is 0.466. The van der Waals surface area contributed by atoms with Crippen LogP contribution in [0, 0.1) is 0 Å². The van der Waals surface area contributed by atoms with E-state index in [2.05, 4.69) is 22.7 Å². The molecule has 0 heterocycles. The van der Waals surface area contributed by atoms with Crippen LogP contribution in [0.1, 0.15) is 18.9 Å². The fourth-order valence-electron chi connectivity index (χ4n) is 1.32. The van der Waals surface area contributed by atoms with Crippen LogP contribution in [0.25, 0.3) is 0 Å². The van der Waals surface area contributed by atoms with Crippen LogP contribution in [0.15, 0.2) is 23.3 Å². The van der Waals surface area contributed by atoms with Gasteiger partial charge in [-0.25, -0.2) is 0 Å². The maximum Gasteiger partial charge on any atom is 0.184 e. The Morgan fingerprint density at radius 1 is 1.56 bits per heavy atom. The van der Waals surface area contributed by atoms with Crippen molar-refractivity contribution in [1.82, 2.24) is 5.43 Å². The van der Waals surface area contributed by atoms with Crippen LogP contribution >= 0.6 is 12.2 Å². The minimum absolute atomic E-state index is 0.116. The number of nitrogens with zero attached hydrogens (tertiary/aromatic N) is 1. The van der Waals surface area contributed by atoms with Crippen LogP contribution in [0.4, 0.5) is 0 Å². The molecule has 0 aliphatic carbocycles. The van der Waals surface area contributed by atoms with Gasteiger partial charge in [-0.3, -0.25) is 5.43 Å². The first-order valence-electron chi connectivity index (χ1n) is 5.57. The van der Waals surface area contributed by atoms with Crippen molar-refractivity contribution in [3.8, 4) is 11.5 Å². The minimum Gasteiger partial charge on any atom is -0.493 e. The summed E-state index contributed by atoms with van der Waals surface area (Å²) in [6, 6.07) is 5.57. The molecule has 0 aromatic heterocycles. The van der Waals surface area contributed by atoms with Gasteiger partial charge in [0.15, 0.2) is 16.6 Å². The summed E-state index contributed by atoms with van der Waals surface area (Å²) in [7, 11) is 1.60. The molecule has 0 saturated carbocycles. The molecular formula is C12H17N3O2S. The van der Waals surface area contributed by atoms with Crippen molar-refractivity contribution >= 4 is 23.5 Å². The molecule has 0 radical (unpaired) electrons. The predicted octanol–water partition coefficient (Wildman–Crippen LogP) is 1.65. The lowest BCUT2D eigenvalue weighted by Crippen LogP contribution is -2.24. The summed E-state index contributed by atoms with van der Waals surface area (Å²) in [5, 5.41) is 4.02. The number of nitrogens with one attached hydrogen (secondary N) is 1. The molecule has 0 unspecified atom stereocenters. The molecule has 0 fully saturated rings. The highest BCUT2D eigenvalue weighted by molar-refractivity contribution is 7.80. The van der Waals surface area contributed by atoms with Crippen molar-refractivity contribution in [3.63, 3.8) is 0 Å². The second-order valence-electron chi connectivity index (χ2n) is 3.46. The average Bonchev–Trinajstić information content (AvgIpc) is 2.36. The fourth-order valence-corrected chi connectivity index (χ4v) is 1.37. The van der Waals surface area contributed by atoms with E-state index < -0.39 is 0 Å². The van der Waals surface area contributed by atoms with E-state index in [0.717, 1.165) is 12.0 Å². The topological polar surface area (TPSA) is 68.9 Å². The normalized spacial score (nSPS) is 10.3. The van der Waals surface area contributed by atoms with Crippen molar-refractivity contribution in [1.29, 1.82) is 0 Å². The van der Waals surface area contributed by atoms with E-state index >= 15 is 0 Å². The average molecular weight is 267 g/mol. The second kappa shape index (κ2) is 7.50. The molecule has 3 N–H and O–H groups in total. The first-order valence-corrected chi connectivity index (χ1v) is 5.98. The number of para-hydroxylation sites is 1. The van der Waals surface area contributed by atoms with E-state index in [1.165, 1.54) is 0 Å². The molecule has 5 nitrogen and oxygen atoms in total. The van der Waals surface area contributed by atoms with Crippen molar-refractivity contribution in [2.45, 2.75) is 13.3 Å². The Labute approximate surface area is 112 Å². The number of hydrogen-bond donors (Lipinski definition) is 2. The van der Waals surface area contributed by atoms with Crippen LogP contribution < -0.4 is 20.6 Å². The van der Waals surface area contributed by atoms with E-state index in [1.807, 2.05) is 25.1 Å². The van der Waals surface area contributed by atoms with Crippen LogP contribution in [0.3, 0.4) is 0 Å². The molecule has 0 aliphatic rings. The Balaban J connectivity index is 2.94. The number of methoxy groups -OCH3 is 1. The largest absolute Gasteiger partial charge is 0.493 e. The Morgan fingerprint density at radius 3 is 2.94 bits per heavy atom. The minimum atomic E-state index is 0.116. The summed E-state index contributed by atoms with van der Waals surface area (Å²) in [6.45, 7) is 2.65. The number of benzene rings is 1. The van der Waals surface area contributed by atoms with Crippen LogP contribution in [-0.4, -0.2) is 25.0 Å². The van der Waals surface area contributed by atoms with E-state index in [1.54, 1.807) is 13.3 Å². The van der Waals surface area contributed by atoms with E-state index in [0.29, 0.717) is 18.1 Å². The number of hydrogen-bond acceptors (Lipinski definition) is 4. The molecule has 0 spiro atoms. The zero-order chi connectivity index (χ0) is 13.4. The van der Waals surface area contributed by atoms with Gasteiger partial charge >= 0.3 is 0 Å². The van der Waals surface area contributed by atoms with Crippen LogP contribution in [-0.2, 0) is 0 Å². The molecule has 0 saturated heterocycles. The third-order valence-electron chi connectivity index (χ3n) is 2.06. The van der Waals surface area contributed by atoms with E-state index in [9.17, 15) is 0 Å². The molecule has 1 rings (SSSR count).